The molecule has 7 heteroatoms. The molecule has 0 aliphatic heterocycles. The number of rotatable bonds is 3. The van der Waals surface area contributed by atoms with Crippen LogP contribution in [0.15, 0.2) is 10.7 Å². The molecule has 72 valence electrons. The van der Waals surface area contributed by atoms with Crippen molar-refractivity contribution in [2.45, 2.75) is 6.43 Å². The largest absolute Gasteiger partial charge is 0.471 e. The van der Waals surface area contributed by atoms with Gasteiger partial charge in [0.05, 0.1) is 4.47 Å². The molecular formula is C6H4BrClF2N2O. The third-order valence-electron chi connectivity index (χ3n) is 1.03. The second-order valence-electron chi connectivity index (χ2n) is 1.99. The molecule has 0 aliphatic carbocycles. The van der Waals surface area contributed by atoms with Crippen LogP contribution in [0.25, 0.3) is 0 Å². The highest BCUT2D eigenvalue weighted by atomic mass is 79.9. The highest BCUT2D eigenvalue weighted by Gasteiger charge is 2.08. The van der Waals surface area contributed by atoms with Crippen molar-refractivity contribution in [2.75, 3.05) is 6.61 Å². The lowest BCUT2D eigenvalue weighted by molar-refractivity contribution is 0.0791. The Morgan fingerprint density at radius 1 is 1.62 bits per heavy atom. The van der Waals surface area contributed by atoms with Gasteiger partial charge in [-0.25, -0.2) is 13.8 Å². The number of hydrogen-bond acceptors (Lipinski definition) is 3. The molecule has 0 fully saturated rings. The van der Waals surface area contributed by atoms with Crippen molar-refractivity contribution in [3.8, 4) is 5.88 Å². The Morgan fingerprint density at radius 3 is 2.92 bits per heavy atom. The first-order valence-corrected chi connectivity index (χ1v) is 4.35. The van der Waals surface area contributed by atoms with Crippen molar-refractivity contribution >= 4 is 27.5 Å². The molecule has 1 aromatic heterocycles. The molecule has 0 radical (unpaired) electrons. The van der Waals surface area contributed by atoms with Crippen molar-refractivity contribution in [1.82, 2.24) is 9.97 Å². The van der Waals surface area contributed by atoms with Crippen molar-refractivity contribution < 1.29 is 13.5 Å². The van der Waals surface area contributed by atoms with Gasteiger partial charge < -0.3 is 4.74 Å². The highest BCUT2D eigenvalue weighted by molar-refractivity contribution is 9.10. The molecule has 0 amide bonds. The minimum absolute atomic E-state index is 0.0142. The molecule has 1 aromatic rings. The predicted molar refractivity (Wildman–Crippen MR) is 46.2 cm³/mol. The lowest BCUT2D eigenvalue weighted by atomic mass is 10.6. The first kappa shape index (κ1) is 10.6. The van der Waals surface area contributed by atoms with Crippen molar-refractivity contribution in [3.63, 3.8) is 0 Å². The summed E-state index contributed by atoms with van der Waals surface area (Å²) in [6.45, 7) is -0.716. The summed E-state index contributed by atoms with van der Waals surface area (Å²) in [5.41, 5.74) is 0. The van der Waals surface area contributed by atoms with Crippen LogP contribution in [0.3, 0.4) is 0 Å². The van der Waals surface area contributed by atoms with E-state index in [-0.39, 0.29) is 11.2 Å². The van der Waals surface area contributed by atoms with Gasteiger partial charge in [0.2, 0.25) is 11.2 Å². The molecule has 1 rings (SSSR count). The number of alkyl halides is 2. The van der Waals surface area contributed by atoms with Crippen LogP contribution in [-0.2, 0) is 0 Å². The molecule has 3 nitrogen and oxygen atoms in total. The van der Waals surface area contributed by atoms with E-state index in [4.69, 9.17) is 11.6 Å². The van der Waals surface area contributed by atoms with Crippen LogP contribution in [0.2, 0.25) is 5.28 Å². The maximum atomic E-state index is 11.7. The van der Waals surface area contributed by atoms with Crippen LogP contribution in [0.4, 0.5) is 8.78 Å². The fourth-order valence-corrected chi connectivity index (χ4v) is 1.01. The van der Waals surface area contributed by atoms with Gasteiger partial charge in [-0.05, 0) is 27.5 Å². The summed E-state index contributed by atoms with van der Waals surface area (Å²) in [7, 11) is 0. The number of nitrogens with zero attached hydrogens (tertiary/aromatic N) is 2. The van der Waals surface area contributed by atoms with Gasteiger partial charge in [-0.2, -0.15) is 4.98 Å². The molecule has 0 spiro atoms. The molecular weight excluding hydrogens is 269 g/mol. The zero-order valence-electron chi connectivity index (χ0n) is 6.18. The van der Waals surface area contributed by atoms with Crippen LogP contribution in [0.5, 0.6) is 5.88 Å². The standard InChI is InChI=1S/C6H4BrClF2N2O/c7-3-1-11-6(8)12-5(3)13-2-4(9)10/h1,4H,2H2. The Balaban J connectivity index is 2.70. The summed E-state index contributed by atoms with van der Waals surface area (Å²) in [6.07, 6.45) is -1.21. The summed E-state index contributed by atoms with van der Waals surface area (Å²) in [5.74, 6) is 0.0142. The van der Waals surface area contributed by atoms with Gasteiger partial charge in [0.1, 0.15) is 0 Å². The third-order valence-corrected chi connectivity index (χ3v) is 1.75. The summed E-state index contributed by atoms with van der Waals surface area (Å²) < 4.78 is 28.5. The average molecular weight is 273 g/mol. The zero-order chi connectivity index (χ0) is 9.84. The minimum atomic E-state index is -2.54. The fourth-order valence-electron chi connectivity index (χ4n) is 0.574. The fraction of sp³-hybridized carbons (Fsp3) is 0.333. The van der Waals surface area contributed by atoms with Gasteiger partial charge in [-0.15, -0.1) is 0 Å². The molecule has 0 N–H and O–H groups in total. The van der Waals surface area contributed by atoms with Crippen molar-refractivity contribution in [3.05, 3.63) is 16.0 Å². The Morgan fingerprint density at radius 2 is 2.31 bits per heavy atom. The first-order valence-electron chi connectivity index (χ1n) is 3.18. The summed E-state index contributed by atoms with van der Waals surface area (Å²) >= 11 is 8.45. The van der Waals surface area contributed by atoms with E-state index in [9.17, 15) is 8.78 Å². The molecule has 0 atom stereocenters. The Hall–Kier alpha value is -0.490. The molecule has 1 heterocycles. The second-order valence-corrected chi connectivity index (χ2v) is 3.19. The second kappa shape index (κ2) is 4.66. The van der Waals surface area contributed by atoms with Crippen LogP contribution >= 0.6 is 27.5 Å². The predicted octanol–water partition coefficient (Wildman–Crippen LogP) is 2.54. The van der Waals surface area contributed by atoms with E-state index >= 15 is 0 Å². The van der Waals surface area contributed by atoms with Gasteiger partial charge >= 0.3 is 0 Å². The molecule has 0 aliphatic rings. The van der Waals surface area contributed by atoms with Gasteiger partial charge in [0.25, 0.3) is 6.43 Å². The molecule has 0 saturated carbocycles. The Labute approximate surface area is 86.2 Å². The van der Waals surface area contributed by atoms with Crippen molar-refractivity contribution in [2.24, 2.45) is 0 Å². The van der Waals surface area contributed by atoms with E-state index in [2.05, 4.69) is 30.6 Å². The van der Waals surface area contributed by atoms with Crippen molar-refractivity contribution in [1.29, 1.82) is 0 Å². The van der Waals surface area contributed by atoms with E-state index in [1.165, 1.54) is 6.20 Å². The van der Waals surface area contributed by atoms with Crippen LogP contribution < -0.4 is 4.74 Å². The minimum Gasteiger partial charge on any atom is -0.471 e. The lowest BCUT2D eigenvalue weighted by Gasteiger charge is -2.05. The first-order chi connectivity index (χ1) is 6.09. The molecule has 0 bridgehead atoms. The Bertz CT molecular complexity index is 300. The monoisotopic (exact) mass is 272 g/mol. The van der Waals surface area contributed by atoms with E-state index in [0.29, 0.717) is 4.47 Å². The van der Waals surface area contributed by atoms with Gasteiger partial charge in [0, 0.05) is 6.20 Å². The van der Waals surface area contributed by atoms with Crippen LogP contribution in [0.1, 0.15) is 0 Å². The van der Waals surface area contributed by atoms with Crippen LogP contribution in [-0.4, -0.2) is 23.0 Å². The smallest absolute Gasteiger partial charge is 0.272 e. The maximum absolute atomic E-state index is 11.7. The average Bonchev–Trinajstić information content (AvgIpc) is 2.06. The molecule has 0 saturated heterocycles. The molecule has 13 heavy (non-hydrogen) atoms. The molecule has 0 aromatic carbocycles. The normalized spacial score (nSPS) is 10.5. The maximum Gasteiger partial charge on any atom is 0.272 e. The number of aromatic nitrogens is 2. The summed E-state index contributed by atoms with van der Waals surface area (Å²) in [4.78, 5) is 7.20. The quantitative estimate of drug-likeness (QED) is 0.794. The summed E-state index contributed by atoms with van der Waals surface area (Å²) in [6, 6.07) is 0. The third kappa shape index (κ3) is 3.40. The van der Waals surface area contributed by atoms with Gasteiger partial charge in [-0.1, -0.05) is 0 Å². The number of hydrogen-bond donors (Lipinski definition) is 0. The molecule has 0 unspecified atom stereocenters. The van der Waals surface area contributed by atoms with E-state index in [0.717, 1.165) is 0 Å². The van der Waals surface area contributed by atoms with E-state index < -0.39 is 13.0 Å². The van der Waals surface area contributed by atoms with Crippen LogP contribution in [0, 0.1) is 0 Å². The zero-order valence-corrected chi connectivity index (χ0v) is 8.52. The van der Waals surface area contributed by atoms with Gasteiger partial charge in [0.15, 0.2) is 6.61 Å². The highest BCUT2D eigenvalue weighted by Crippen LogP contribution is 2.22. The van der Waals surface area contributed by atoms with Gasteiger partial charge in [-0.3, -0.25) is 0 Å². The number of halogens is 4. The topological polar surface area (TPSA) is 35.0 Å². The SMILES string of the molecule is FC(F)COc1nc(Cl)ncc1Br. The summed E-state index contributed by atoms with van der Waals surface area (Å²) in [5, 5.41) is -0.0486. The lowest BCUT2D eigenvalue weighted by Crippen LogP contribution is -2.08. The van der Waals surface area contributed by atoms with E-state index in [1.807, 2.05) is 0 Å². The van der Waals surface area contributed by atoms with E-state index in [1.54, 1.807) is 0 Å². The number of ether oxygens (including phenoxy) is 1. The Kier molecular flexibility index (Phi) is 3.80.